The third-order valence-electron chi connectivity index (χ3n) is 3.63. The standard InChI is InChI=1S/C17H17FN4O/c1-3-19-15(23)10-22-17-16(11(2)21-22)14(8-9-20-17)12-4-6-13(18)7-5-12/h4-9H,3,10H2,1-2H3,(H,19,23). The molecule has 0 bridgehead atoms. The number of nitrogens with one attached hydrogen (secondary N) is 1. The van der Waals surface area contributed by atoms with Crippen LogP contribution in [0, 0.1) is 12.7 Å². The summed E-state index contributed by atoms with van der Waals surface area (Å²) in [5.41, 5.74) is 3.25. The van der Waals surface area contributed by atoms with Crippen LogP contribution >= 0.6 is 0 Å². The van der Waals surface area contributed by atoms with Crippen LogP contribution in [-0.2, 0) is 11.3 Å². The molecule has 0 radical (unpaired) electrons. The molecule has 1 aromatic carbocycles. The van der Waals surface area contributed by atoms with Gasteiger partial charge < -0.3 is 5.32 Å². The zero-order chi connectivity index (χ0) is 16.4. The molecule has 118 valence electrons. The highest BCUT2D eigenvalue weighted by Crippen LogP contribution is 2.29. The maximum Gasteiger partial charge on any atom is 0.241 e. The van der Waals surface area contributed by atoms with E-state index in [0.717, 1.165) is 22.2 Å². The number of carbonyl (C=O) groups is 1. The summed E-state index contributed by atoms with van der Waals surface area (Å²) in [7, 11) is 0. The number of likely N-dealkylation sites (N-methyl/N-ethyl adjacent to an activating group) is 1. The van der Waals surface area contributed by atoms with E-state index in [1.807, 2.05) is 19.9 Å². The number of nitrogens with zero attached hydrogens (tertiary/aromatic N) is 3. The van der Waals surface area contributed by atoms with Crippen molar-refractivity contribution in [3.8, 4) is 11.1 Å². The SMILES string of the molecule is CCNC(=O)Cn1nc(C)c2c(-c3ccc(F)cc3)ccnc21. The van der Waals surface area contributed by atoms with Crippen molar-refractivity contribution >= 4 is 16.9 Å². The van der Waals surface area contributed by atoms with E-state index in [1.165, 1.54) is 12.1 Å². The van der Waals surface area contributed by atoms with Gasteiger partial charge in [-0.1, -0.05) is 12.1 Å². The number of fused-ring (bicyclic) bond motifs is 1. The molecule has 0 spiro atoms. The highest BCUT2D eigenvalue weighted by Gasteiger charge is 2.15. The summed E-state index contributed by atoms with van der Waals surface area (Å²) in [6, 6.07) is 8.18. The van der Waals surface area contributed by atoms with Crippen molar-refractivity contribution in [3.05, 3.63) is 48.0 Å². The minimum atomic E-state index is -0.275. The Bertz CT molecular complexity index is 855. The molecule has 0 saturated carbocycles. The summed E-state index contributed by atoms with van der Waals surface area (Å²) < 4.78 is 14.7. The van der Waals surface area contributed by atoms with Gasteiger partial charge in [0.25, 0.3) is 0 Å². The van der Waals surface area contributed by atoms with Gasteiger partial charge in [-0.2, -0.15) is 5.10 Å². The summed E-state index contributed by atoms with van der Waals surface area (Å²) >= 11 is 0. The molecule has 0 aliphatic carbocycles. The molecule has 2 heterocycles. The van der Waals surface area contributed by atoms with Gasteiger partial charge in [0.1, 0.15) is 12.4 Å². The third-order valence-corrected chi connectivity index (χ3v) is 3.63. The minimum absolute atomic E-state index is 0.106. The quantitative estimate of drug-likeness (QED) is 0.806. The van der Waals surface area contributed by atoms with Gasteiger partial charge in [0, 0.05) is 18.1 Å². The number of carbonyl (C=O) groups excluding carboxylic acids is 1. The molecule has 3 aromatic rings. The maximum absolute atomic E-state index is 13.1. The van der Waals surface area contributed by atoms with E-state index >= 15 is 0 Å². The molecule has 0 aliphatic rings. The van der Waals surface area contributed by atoms with Crippen LogP contribution in [-0.4, -0.2) is 27.2 Å². The van der Waals surface area contributed by atoms with E-state index < -0.39 is 0 Å². The Morgan fingerprint density at radius 3 is 2.70 bits per heavy atom. The van der Waals surface area contributed by atoms with Crippen LogP contribution in [0.25, 0.3) is 22.2 Å². The second-order valence-corrected chi connectivity index (χ2v) is 5.26. The topological polar surface area (TPSA) is 59.8 Å². The van der Waals surface area contributed by atoms with E-state index in [9.17, 15) is 9.18 Å². The maximum atomic E-state index is 13.1. The molecule has 1 amide bonds. The molecule has 3 rings (SSSR count). The number of aryl methyl sites for hydroxylation is 1. The second-order valence-electron chi connectivity index (χ2n) is 5.26. The number of pyridine rings is 1. The Hall–Kier alpha value is -2.76. The monoisotopic (exact) mass is 312 g/mol. The predicted octanol–water partition coefficient (Wildman–Crippen LogP) is 2.68. The van der Waals surface area contributed by atoms with Crippen molar-refractivity contribution in [2.24, 2.45) is 0 Å². The number of hydrogen-bond acceptors (Lipinski definition) is 3. The first-order valence-corrected chi connectivity index (χ1v) is 7.45. The van der Waals surface area contributed by atoms with E-state index in [0.29, 0.717) is 12.2 Å². The van der Waals surface area contributed by atoms with Crippen LogP contribution in [0.3, 0.4) is 0 Å². The summed E-state index contributed by atoms with van der Waals surface area (Å²) in [5.74, 6) is -0.381. The molecule has 23 heavy (non-hydrogen) atoms. The lowest BCUT2D eigenvalue weighted by Crippen LogP contribution is -2.27. The van der Waals surface area contributed by atoms with Gasteiger partial charge in [0.15, 0.2) is 5.65 Å². The highest BCUT2D eigenvalue weighted by atomic mass is 19.1. The summed E-state index contributed by atoms with van der Waals surface area (Å²) in [6.45, 7) is 4.45. The molecule has 0 saturated heterocycles. The number of benzene rings is 1. The number of rotatable bonds is 4. The van der Waals surface area contributed by atoms with Crippen molar-refractivity contribution in [1.29, 1.82) is 0 Å². The Balaban J connectivity index is 2.09. The third kappa shape index (κ3) is 2.92. The number of aromatic nitrogens is 3. The molecule has 0 atom stereocenters. The van der Waals surface area contributed by atoms with Crippen LogP contribution in [0.2, 0.25) is 0 Å². The molecule has 5 nitrogen and oxygen atoms in total. The fourth-order valence-electron chi connectivity index (χ4n) is 2.65. The molecule has 1 N–H and O–H groups in total. The van der Waals surface area contributed by atoms with Crippen LogP contribution in [0.15, 0.2) is 36.5 Å². The average molecular weight is 312 g/mol. The predicted molar refractivity (Wildman–Crippen MR) is 86.3 cm³/mol. The second kappa shape index (κ2) is 6.16. The van der Waals surface area contributed by atoms with Crippen LogP contribution in [0.1, 0.15) is 12.6 Å². The first-order valence-electron chi connectivity index (χ1n) is 7.45. The molecule has 0 aliphatic heterocycles. The Morgan fingerprint density at radius 2 is 2.00 bits per heavy atom. The molecule has 0 fully saturated rings. The van der Waals surface area contributed by atoms with Crippen molar-refractivity contribution < 1.29 is 9.18 Å². The smallest absolute Gasteiger partial charge is 0.241 e. The lowest BCUT2D eigenvalue weighted by molar-refractivity contribution is -0.121. The van der Waals surface area contributed by atoms with Crippen LogP contribution < -0.4 is 5.32 Å². The van der Waals surface area contributed by atoms with E-state index in [1.54, 1.807) is 23.0 Å². The largest absolute Gasteiger partial charge is 0.355 e. The molecular formula is C17H17FN4O. The highest BCUT2D eigenvalue weighted by molar-refractivity contribution is 5.95. The van der Waals surface area contributed by atoms with E-state index in [4.69, 9.17) is 0 Å². The average Bonchev–Trinajstić information content (AvgIpc) is 2.85. The lowest BCUT2D eigenvalue weighted by atomic mass is 10.0. The van der Waals surface area contributed by atoms with Gasteiger partial charge in [-0.15, -0.1) is 0 Å². The molecule has 2 aromatic heterocycles. The van der Waals surface area contributed by atoms with Crippen molar-refractivity contribution in [2.45, 2.75) is 20.4 Å². The fourth-order valence-corrected chi connectivity index (χ4v) is 2.65. The van der Waals surface area contributed by atoms with E-state index in [-0.39, 0.29) is 18.3 Å². The first kappa shape index (κ1) is 15.1. The van der Waals surface area contributed by atoms with Crippen LogP contribution in [0.5, 0.6) is 0 Å². The van der Waals surface area contributed by atoms with Crippen LogP contribution in [0.4, 0.5) is 4.39 Å². The number of hydrogen-bond donors (Lipinski definition) is 1. The summed E-state index contributed by atoms with van der Waals surface area (Å²) in [4.78, 5) is 16.2. The van der Waals surface area contributed by atoms with E-state index in [2.05, 4.69) is 15.4 Å². The van der Waals surface area contributed by atoms with Crippen molar-refractivity contribution in [3.63, 3.8) is 0 Å². The number of halogens is 1. The van der Waals surface area contributed by atoms with Gasteiger partial charge in [-0.05, 0) is 43.2 Å². The lowest BCUT2D eigenvalue weighted by Gasteiger charge is -2.05. The van der Waals surface area contributed by atoms with Gasteiger partial charge in [0.2, 0.25) is 5.91 Å². The summed E-state index contributed by atoms with van der Waals surface area (Å²) in [6.07, 6.45) is 1.68. The zero-order valence-corrected chi connectivity index (χ0v) is 13.0. The van der Waals surface area contributed by atoms with Crippen molar-refractivity contribution in [1.82, 2.24) is 20.1 Å². The normalized spacial score (nSPS) is 10.9. The van der Waals surface area contributed by atoms with Gasteiger partial charge in [-0.25, -0.2) is 14.1 Å². The Morgan fingerprint density at radius 1 is 1.26 bits per heavy atom. The van der Waals surface area contributed by atoms with Gasteiger partial charge >= 0.3 is 0 Å². The Labute approximate surface area is 133 Å². The zero-order valence-electron chi connectivity index (χ0n) is 13.0. The summed E-state index contributed by atoms with van der Waals surface area (Å²) in [5, 5.41) is 8.06. The van der Waals surface area contributed by atoms with Gasteiger partial charge in [0.05, 0.1) is 5.69 Å². The first-order chi connectivity index (χ1) is 11.1. The number of amides is 1. The molecule has 6 heteroatoms. The fraction of sp³-hybridized carbons (Fsp3) is 0.235. The molecular weight excluding hydrogens is 295 g/mol. The minimum Gasteiger partial charge on any atom is -0.355 e. The van der Waals surface area contributed by atoms with Gasteiger partial charge in [-0.3, -0.25) is 4.79 Å². The Kier molecular flexibility index (Phi) is 4.06. The molecule has 0 unspecified atom stereocenters. The van der Waals surface area contributed by atoms with Crippen molar-refractivity contribution in [2.75, 3.05) is 6.54 Å².